The van der Waals surface area contributed by atoms with E-state index in [1.54, 1.807) is 66.7 Å². The van der Waals surface area contributed by atoms with Crippen LogP contribution in [0.5, 0.6) is 0 Å². The molecule has 6 nitrogen and oxygen atoms in total. The van der Waals surface area contributed by atoms with Gasteiger partial charge in [0.2, 0.25) is 5.91 Å². The van der Waals surface area contributed by atoms with Gasteiger partial charge < -0.3 is 16.0 Å². The summed E-state index contributed by atoms with van der Waals surface area (Å²) in [6.07, 6.45) is 2.01. The summed E-state index contributed by atoms with van der Waals surface area (Å²) in [6, 6.07) is 20.8. The molecule has 0 saturated heterocycles. The largest absolute Gasteiger partial charge is 0.376 e. The van der Waals surface area contributed by atoms with Crippen molar-refractivity contribution in [3.63, 3.8) is 0 Å². The number of halogens is 1. The minimum atomic E-state index is -0.308. The Kier molecular flexibility index (Phi) is 6.52. The van der Waals surface area contributed by atoms with E-state index in [1.807, 2.05) is 6.07 Å². The van der Waals surface area contributed by atoms with E-state index in [0.717, 1.165) is 12.8 Å². The van der Waals surface area contributed by atoms with Crippen molar-refractivity contribution in [2.24, 2.45) is 0 Å². The van der Waals surface area contributed by atoms with Crippen LogP contribution in [0, 0.1) is 0 Å². The van der Waals surface area contributed by atoms with Gasteiger partial charge in [0.1, 0.15) is 0 Å². The minimum Gasteiger partial charge on any atom is -0.376 e. The maximum absolute atomic E-state index is 12.9. The fraction of sp³-hybridized carbons (Fsp3) is 0.160. The van der Waals surface area contributed by atoms with Gasteiger partial charge in [-0.15, -0.1) is 0 Å². The molecule has 32 heavy (non-hydrogen) atoms. The number of anilines is 2. The first-order valence-electron chi connectivity index (χ1n) is 10.3. The SMILES string of the molecule is O=C(CNc1ccc(Cl)cc1C(=O)c1ccccc1)Nc1cccc(C(=O)NC2CC2)c1. The molecule has 1 saturated carbocycles. The van der Waals surface area contributed by atoms with Crippen molar-refractivity contribution in [1.29, 1.82) is 0 Å². The van der Waals surface area contributed by atoms with Crippen molar-refractivity contribution < 1.29 is 14.4 Å². The minimum absolute atomic E-state index is 0.0603. The van der Waals surface area contributed by atoms with Crippen LogP contribution in [0.2, 0.25) is 5.02 Å². The summed E-state index contributed by atoms with van der Waals surface area (Å²) < 4.78 is 0. The number of carbonyl (C=O) groups excluding carboxylic acids is 3. The van der Waals surface area contributed by atoms with Crippen molar-refractivity contribution in [3.05, 3.63) is 94.5 Å². The second-order valence-electron chi connectivity index (χ2n) is 7.62. The smallest absolute Gasteiger partial charge is 0.251 e. The van der Waals surface area contributed by atoms with Crippen LogP contribution in [0.3, 0.4) is 0 Å². The Hall–Kier alpha value is -3.64. The molecule has 0 bridgehead atoms. The highest BCUT2D eigenvalue weighted by Crippen LogP contribution is 2.24. The first-order chi connectivity index (χ1) is 15.5. The van der Waals surface area contributed by atoms with Crippen LogP contribution in [0.4, 0.5) is 11.4 Å². The highest BCUT2D eigenvalue weighted by molar-refractivity contribution is 6.31. The molecule has 3 aromatic carbocycles. The summed E-state index contributed by atoms with van der Waals surface area (Å²) in [7, 11) is 0. The van der Waals surface area contributed by atoms with Gasteiger partial charge in [-0.2, -0.15) is 0 Å². The summed E-state index contributed by atoms with van der Waals surface area (Å²) in [5.41, 5.74) is 2.45. The number of rotatable bonds is 8. The molecule has 0 aliphatic heterocycles. The Balaban J connectivity index is 1.41. The topological polar surface area (TPSA) is 87.3 Å². The van der Waals surface area contributed by atoms with Crippen molar-refractivity contribution >= 4 is 40.6 Å². The maximum atomic E-state index is 12.9. The standard InChI is InChI=1S/C25H22ClN3O3/c26-18-9-12-22(21(14-18)24(31)16-5-2-1-3-6-16)27-15-23(30)28-20-8-4-7-17(13-20)25(32)29-19-10-11-19/h1-9,12-14,19,27H,10-11,15H2,(H,28,30)(H,29,32). The van der Waals surface area contributed by atoms with Crippen LogP contribution in [0.15, 0.2) is 72.8 Å². The zero-order chi connectivity index (χ0) is 22.5. The van der Waals surface area contributed by atoms with Gasteiger partial charge in [-0.05, 0) is 49.2 Å². The van der Waals surface area contributed by atoms with Crippen LogP contribution in [0.25, 0.3) is 0 Å². The number of hydrogen-bond acceptors (Lipinski definition) is 4. The number of nitrogens with one attached hydrogen (secondary N) is 3. The van der Waals surface area contributed by atoms with E-state index in [4.69, 9.17) is 11.6 Å². The van der Waals surface area contributed by atoms with Gasteiger partial charge >= 0.3 is 0 Å². The Bertz CT molecular complexity index is 1160. The predicted molar refractivity (Wildman–Crippen MR) is 125 cm³/mol. The van der Waals surface area contributed by atoms with Crippen molar-refractivity contribution in [2.45, 2.75) is 18.9 Å². The molecule has 0 unspecified atom stereocenters. The number of benzene rings is 3. The summed E-state index contributed by atoms with van der Waals surface area (Å²) in [4.78, 5) is 37.6. The zero-order valence-corrected chi connectivity index (χ0v) is 18.0. The van der Waals surface area contributed by atoms with E-state index in [2.05, 4.69) is 16.0 Å². The Morgan fingerprint density at radius 3 is 2.38 bits per heavy atom. The number of hydrogen-bond donors (Lipinski definition) is 3. The molecule has 0 spiro atoms. The number of amides is 2. The Labute approximate surface area is 191 Å². The summed E-state index contributed by atoms with van der Waals surface area (Å²) in [5.74, 6) is -0.643. The van der Waals surface area contributed by atoms with Gasteiger partial charge in [0.25, 0.3) is 5.91 Å². The lowest BCUT2D eigenvalue weighted by Gasteiger charge is -2.13. The lowest BCUT2D eigenvalue weighted by Crippen LogP contribution is -2.26. The zero-order valence-electron chi connectivity index (χ0n) is 17.2. The molecule has 1 aliphatic carbocycles. The van der Waals surface area contributed by atoms with Gasteiger partial charge in [0.15, 0.2) is 5.78 Å². The number of carbonyl (C=O) groups is 3. The third-order valence-electron chi connectivity index (χ3n) is 5.02. The molecule has 3 N–H and O–H groups in total. The monoisotopic (exact) mass is 447 g/mol. The lowest BCUT2D eigenvalue weighted by molar-refractivity contribution is -0.114. The van der Waals surface area contributed by atoms with E-state index in [0.29, 0.717) is 33.1 Å². The van der Waals surface area contributed by atoms with Gasteiger partial charge in [0, 0.05) is 39.1 Å². The van der Waals surface area contributed by atoms with Gasteiger partial charge in [-0.25, -0.2) is 0 Å². The van der Waals surface area contributed by atoms with E-state index >= 15 is 0 Å². The normalized spacial score (nSPS) is 12.7. The molecular formula is C25H22ClN3O3. The van der Waals surface area contributed by atoms with Gasteiger partial charge in [-0.3, -0.25) is 14.4 Å². The third kappa shape index (κ3) is 5.53. The third-order valence-corrected chi connectivity index (χ3v) is 5.26. The molecule has 1 fully saturated rings. The molecule has 1 aliphatic rings. The van der Waals surface area contributed by atoms with Crippen LogP contribution in [-0.2, 0) is 4.79 Å². The van der Waals surface area contributed by atoms with Crippen LogP contribution < -0.4 is 16.0 Å². The highest BCUT2D eigenvalue weighted by atomic mass is 35.5. The van der Waals surface area contributed by atoms with Crippen LogP contribution >= 0.6 is 11.6 Å². The first-order valence-corrected chi connectivity index (χ1v) is 10.7. The molecule has 4 rings (SSSR count). The Morgan fingerprint density at radius 1 is 0.875 bits per heavy atom. The second kappa shape index (κ2) is 9.66. The average molecular weight is 448 g/mol. The molecule has 0 aromatic heterocycles. The fourth-order valence-electron chi connectivity index (χ4n) is 3.22. The van der Waals surface area contributed by atoms with Gasteiger partial charge in [-0.1, -0.05) is 48.0 Å². The van der Waals surface area contributed by atoms with E-state index in [9.17, 15) is 14.4 Å². The molecular weight excluding hydrogens is 426 g/mol. The summed E-state index contributed by atoms with van der Waals surface area (Å²) in [6.45, 7) is -0.0603. The van der Waals surface area contributed by atoms with Crippen LogP contribution in [0.1, 0.15) is 39.1 Å². The van der Waals surface area contributed by atoms with E-state index < -0.39 is 0 Å². The fourth-order valence-corrected chi connectivity index (χ4v) is 3.39. The van der Waals surface area contributed by atoms with Crippen molar-refractivity contribution in [3.8, 4) is 0 Å². The molecule has 3 aromatic rings. The molecule has 0 heterocycles. The number of ketones is 1. The van der Waals surface area contributed by atoms with Gasteiger partial charge in [0.05, 0.1) is 6.54 Å². The summed E-state index contributed by atoms with van der Waals surface area (Å²) in [5, 5.41) is 9.14. The highest BCUT2D eigenvalue weighted by Gasteiger charge is 2.23. The Morgan fingerprint density at radius 2 is 1.62 bits per heavy atom. The first kappa shape index (κ1) is 21.6. The van der Waals surface area contributed by atoms with Crippen LogP contribution in [-0.4, -0.2) is 30.2 Å². The second-order valence-corrected chi connectivity index (χ2v) is 8.05. The molecule has 2 amide bonds. The lowest BCUT2D eigenvalue weighted by atomic mass is 10.0. The maximum Gasteiger partial charge on any atom is 0.251 e. The molecule has 162 valence electrons. The average Bonchev–Trinajstić information content (AvgIpc) is 3.62. The predicted octanol–water partition coefficient (Wildman–Crippen LogP) is 4.51. The molecule has 7 heteroatoms. The summed E-state index contributed by atoms with van der Waals surface area (Å²) >= 11 is 6.10. The molecule has 0 atom stereocenters. The van der Waals surface area contributed by atoms with Crippen molar-refractivity contribution in [1.82, 2.24) is 5.32 Å². The van der Waals surface area contributed by atoms with E-state index in [1.165, 1.54) is 0 Å². The quantitative estimate of drug-likeness (QED) is 0.443. The molecule has 0 radical (unpaired) electrons. The van der Waals surface area contributed by atoms with E-state index in [-0.39, 0.29) is 30.2 Å². The van der Waals surface area contributed by atoms with Crippen molar-refractivity contribution in [2.75, 3.05) is 17.2 Å².